The predicted octanol–water partition coefficient (Wildman–Crippen LogP) is 3.42. The van der Waals surface area contributed by atoms with E-state index in [1.54, 1.807) is 0 Å². The molecule has 0 spiro atoms. The van der Waals surface area contributed by atoms with Crippen molar-refractivity contribution in [2.45, 2.75) is 77.8 Å². The van der Waals surface area contributed by atoms with Crippen LogP contribution in [-0.4, -0.2) is 36.1 Å². The van der Waals surface area contributed by atoms with Crippen molar-refractivity contribution in [1.29, 1.82) is 0 Å². The van der Waals surface area contributed by atoms with Gasteiger partial charge in [0.15, 0.2) is 0 Å². The Morgan fingerprint density at radius 3 is 2.53 bits per heavy atom. The van der Waals surface area contributed by atoms with Gasteiger partial charge in [0.2, 0.25) is 0 Å². The van der Waals surface area contributed by atoms with E-state index in [2.05, 4.69) is 37.9 Å². The number of unbranched alkanes of at least 4 members (excludes halogenated alkanes) is 1. The molecule has 0 bridgehead atoms. The fourth-order valence-corrected chi connectivity index (χ4v) is 2.94. The molecule has 1 atom stereocenters. The molecule has 0 aromatic rings. The quantitative estimate of drug-likeness (QED) is 0.765. The first-order valence-corrected chi connectivity index (χ1v) is 7.66. The average Bonchev–Trinajstić information content (AvgIpc) is 2.59. The van der Waals surface area contributed by atoms with E-state index in [9.17, 15) is 0 Å². The van der Waals surface area contributed by atoms with Crippen molar-refractivity contribution in [2.24, 2.45) is 0 Å². The Balaban J connectivity index is 2.58. The number of rotatable bonds is 6. The summed E-state index contributed by atoms with van der Waals surface area (Å²) in [6.45, 7) is 13.1. The van der Waals surface area contributed by atoms with Crippen LogP contribution < -0.4 is 5.32 Å². The van der Waals surface area contributed by atoms with E-state index in [1.807, 2.05) is 0 Å². The number of hydrogen-bond acceptors (Lipinski definition) is 2. The lowest BCUT2D eigenvalue weighted by atomic mass is 9.91. The highest BCUT2D eigenvalue weighted by Gasteiger charge is 2.31. The van der Waals surface area contributed by atoms with E-state index in [4.69, 9.17) is 0 Å². The van der Waals surface area contributed by atoms with Crippen molar-refractivity contribution in [3.8, 4) is 0 Å². The molecule has 0 radical (unpaired) electrons. The second kappa shape index (κ2) is 7.38. The lowest BCUT2D eigenvalue weighted by Gasteiger charge is -2.38. The summed E-state index contributed by atoms with van der Waals surface area (Å²) < 4.78 is 0. The van der Waals surface area contributed by atoms with Gasteiger partial charge >= 0.3 is 0 Å². The predicted molar refractivity (Wildman–Crippen MR) is 76.5 cm³/mol. The van der Waals surface area contributed by atoms with Gasteiger partial charge in [-0.3, -0.25) is 4.90 Å². The second-order valence-corrected chi connectivity index (χ2v) is 5.73. The first-order valence-electron chi connectivity index (χ1n) is 7.66. The normalized spacial score (nSPS) is 23.3. The Labute approximate surface area is 108 Å². The molecular formula is C15H32N2. The fraction of sp³-hybridized carbons (Fsp3) is 1.00. The lowest BCUT2D eigenvalue weighted by molar-refractivity contribution is 0.149. The van der Waals surface area contributed by atoms with Gasteiger partial charge in [-0.2, -0.15) is 0 Å². The highest BCUT2D eigenvalue weighted by molar-refractivity contribution is 4.92. The Bertz CT molecular complexity index is 199. The smallest absolute Gasteiger partial charge is 0.0303 e. The molecule has 1 aliphatic rings. The molecule has 17 heavy (non-hydrogen) atoms. The molecule has 1 saturated heterocycles. The van der Waals surface area contributed by atoms with Crippen LogP contribution in [0.4, 0.5) is 0 Å². The molecule has 0 aromatic heterocycles. The maximum absolute atomic E-state index is 3.79. The third-order valence-corrected chi connectivity index (χ3v) is 4.58. The summed E-state index contributed by atoms with van der Waals surface area (Å²) >= 11 is 0. The van der Waals surface area contributed by atoms with E-state index >= 15 is 0 Å². The third kappa shape index (κ3) is 4.26. The molecule has 0 amide bonds. The summed E-state index contributed by atoms with van der Waals surface area (Å²) in [6, 6.07) is 0.757. The van der Waals surface area contributed by atoms with Crippen LogP contribution in [-0.2, 0) is 0 Å². The van der Waals surface area contributed by atoms with Crippen LogP contribution >= 0.6 is 0 Å². The van der Waals surface area contributed by atoms with E-state index in [1.165, 1.54) is 58.2 Å². The molecular weight excluding hydrogens is 208 g/mol. The van der Waals surface area contributed by atoms with E-state index < -0.39 is 0 Å². The summed E-state index contributed by atoms with van der Waals surface area (Å²) in [5.41, 5.74) is 0.372. The summed E-state index contributed by atoms with van der Waals surface area (Å²) in [7, 11) is 0. The molecule has 1 N–H and O–H groups in total. The van der Waals surface area contributed by atoms with Gasteiger partial charge in [-0.05, 0) is 45.7 Å². The van der Waals surface area contributed by atoms with Gasteiger partial charge in [0.25, 0.3) is 0 Å². The largest absolute Gasteiger partial charge is 0.310 e. The van der Waals surface area contributed by atoms with Gasteiger partial charge in [-0.1, -0.05) is 33.6 Å². The zero-order valence-corrected chi connectivity index (χ0v) is 12.4. The van der Waals surface area contributed by atoms with E-state index in [0.29, 0.717) is 5.54 Å². The van der Waals surface area contributed by atoms with Crippen LogP contribution in [0.1, 0.15) is 66.2 Å². The molecule has 0 saturated carbocycles. The first kappa shape index (κ1) is 15.0. The summed E-state index contributed by atoms with van der Waals surface area (Å²) in [5, 5.41) is 3.79. The molecule has 1 aliphatic heterocycles. The molecule has 1 rings (SSSR count). The molecule has 1 unspecified atom stereocenters. The molecule has 0 aromatic carbocycles. The topological polar surface area (TPSA) is 15.3 Å². The molecule has 1 heterocycles. The Kier molecular flexibility index (Phi) is 6.50. The molecule has 2 heteroatoms. The zero-order valence-electron chi connectivity index (χ0n) is 12.4. The Morgan fingerprint density at radius 1 is 1.24 bits per heavy atom. The monoisotopic (exact) mass is 240 g/mol. The van der Waals surface area contributed by atoms with Crippen molar-refractivity contribution in [3.63, 3.8) is 0 Å². The second-order valence-electron chi connectivity index (χ2n) is 5.73. The van der Waals surface area contributed by atoms with Crippen molar-refractivity contribution in [1.82, 2.24) is 10.2 Å². The summed E-state index contributed by atoms with van der Waals surface area (Å²) in [5.74, 6) is 0. The van der Waals surface area contributed by atoms with Gasteiger partial charge in [0, 0.05) is 18.1 Å². The van der Waals surface area contributed by atoms with Crippen molar-refractivity contribution in [2.75, 3.05) is 19.6 Å². The Morgan fingerprint density at radius 2 is 1.94 bits per heavy atom. The first-order chi connectivity index (χ1) is 8.17. The minimum absolute atomic E-state index is 0.372. The van der Waals surface area contributed by atoms with Crippen LogP contribution in [0.25, 0.3) is 0 Å². The van der Waals surface area contributed by atoms with Crippen molar-refractivity contribution < 1.29 is 0 Å². The van der Waals surface area contributed by atoms with Crippen LogP contribution in [0, 0.1) is 0 Å². The molecule has 1 fully saturated rings. The maximum atomic E-state index is 3.79. The van der Waals surface area contributed by atoms with Crippen LogP contribution in [0.2, 0.25) is 0 Å². The van der Waals surface area contributed by atoms with Gasteiger partial charge in [0.1, 0.15) is 0 Å². The summed E-state index contributed by atoms with van der Waals surface area (Å²) in [4.78, 5) is 2.72. The highest BCUT2D eigenvalue weighted by atomic mass is 15.2. The van der Waals surface area contributed by atoms with Crippen molar-refractivity contribution >= 4 is 0 Å². The molecule has 2 nitrogen and oxygen atoms in total. The minimum Gasteiger partial charge on any atom is -0.310 e. The Hall–Kier alpha value is -0.0800. The van der Waals surface area contributed by atoms with E-state index in [0.717, 1.165) is 6.04 Å². The average molecular weight is 240 g/mol. The summed E-state index contributed by atoms with van der Waals surface area (Å²) in [6.07, 6.45) is 7.86. The maximum Gasteiger partial charge on any atom is 0.0303 e. The zero-order chi connectivity index (χ0) is 12.7. The lowest BCUT2D eigenvalue weighted by Crippen LogP contribution is -2.52. The molecule has 0 aliphatic carbocycles. The van der Waals surface area contributed by atoms with Gasteiger partial charge in [-0.25, -0.2) is 0 Å². The van der Waals surface area contributed by atoms with Crippen LogP contribution in [0.5, 0.6) is 0 Å². The van der Waals surface area contributed by atoms with Gasteiger partial charge < -0.3 is 5.32 Å². The third-order valence-electron chi connectivity index (χ3n) is 4.58. The fourth-order valence-electron chi connectivity index (χ4n) is 2.94. The minimum atomic E-state index is 0.372. The van der Waals surface area contributed by atoms with Gasteiger partial charge in [0.05, 0.1) is 0 Å². The molecule has 102 valence electrons. The van der Waals surface area contributed by atoms with E-state index in [-0.39, 0.29) is 0 Å². The highest BCUT2D eigenvalue weighted by Crippen LogP contribution is 2.22. The number of nitrogens with zero attached hydrogens (tertiary/aromatic N) is 1. The van der Waals surface area contributed by atoms with Crippen molar-refractivity contribution in [3.05, 3.63) is 0 Å². The number of nitrogens with one attached hydrogen (secondary N) is 1. The standard InChI is InChI=1S/C15H32N2/c1-5-8-10-14(4)17-12-9-11-16-15(6-2,7-3)13-17/h14,16H,5-13H2,1-4H3. The van der Waals surface area contributed by atoms with Crippen LogP contribution in [0.15, 0.2) is 0 Å². The number of hydrogen-bond donors (Lipinski definition) is 1. The SMILES string of the molecule is CCCCC(C)N1CCCNC(CC)(CC)C1. The van der Waals surface area contributed by atoms with Crippen LogP contribution in [0.3, 0.4) is 0 Å². The van der Waals surface area contributed by atoms with Gasteiger partial charge in [-0.15, -0.1) is 0 Å².